The van der Waals surface area contributed by atoms with Crippen molar-refractivity contribution >= 4 is 27.5 Å². The highest BCUT2D eigenvalue weighted by Crippen LogP contribution is 2.30. The molecule has 0 fully saturated rings. The molecule has 0 atom stereocenters. The second-order valence-electron chi connectivity index (χ2n) is 4.29. The normalized spacial score (nSPS) is 10.6. The van der Waals surface area contributed by atoms with Gasteiger partial charge in [-0.15, -0.1) is 0 Å². The first-order valence-corrected chi connectivity index (χ1v) is 7.33. The number of hydrogen-bond acceptors (Lipinski definition) is 2. The summed E-state index contributed by atoms with van der Waals surface area (Å²) in [5.41, 5.74) is 7.36. The van der Waals surface area contributed by atoms with E-state index in [0.29, 0.717) is 11.6 Å². The van der Waals surface area contributed by atoms with Crippen molar-refractivity contribution in [2.75, 3.05) is 6.54 Å². The average Bonchev–Trinajstić information content (AvgIpc) is 2.40. The van der Waals surface area contributed by atoms with Crippen molar-refractivity contribution in [3.8, 4) is 5.75 Å². The summed E-state index contributed by atoms with van der Waals surface area (Å²) in [6.45, 7) is 0.823. The van der Waals surface area contributed by atoms with E-state index in [1.807, 2.05) is 18.2 Å². The Morgan fingerprint density at radius 2 is 2.00 bits per heavy atom. The molecule has 20 heavy (non-hydrogen) atoms. The minimum atomic E-state index is -0.358. The molecule has 5 heteroatoms. The Morgan fingerprint density at radius 1 is 1.20 bits per heavy atom. The molecule has 2 aromatic rings. The van der Waals surface area contributed by atoms with Crippen molar-refractivity contribution in [3.63, 3.8) is 0 Å². The van der Waals surface area contributed by atoms with Gasteiger partial charge in [0.25, 0.3) is 0 Å². The largest absolute Gasteiger partial charge is 0.487 e. The molecule has 2 rings (SSSR count). The number of benzene rings is 2. The predicted molar refractivity (Wildman–Crippen MR) is 82.6 cm³/mol. The zero-order valence-corrected chi connectivity index (χ0v) is 13.0. The Morgan fingerprint density at radius 3 is 2.70 bits per heavy atom. The third-order valence-electron chi connectivity index (χ3n) is 2.85. The Hall–Kier alpha value is -1.10. The summed E-state index contributed by atoms with van der Waals surface area (Å²) in [5.74, 6) is 0.391. The molecule has 0 spiro atoms. The average molecular weight is 359 g/mol. The fourth-order valence-corrected chi connectivity index (χ4v) is 2.60. The molecule has 0 aliphatic rings. The molecule has 2 N–H and O–H groups in total. The number of halogens is 3. The summed E-state index contributed by atoms with van der Waals surface area (Å²) < 4.78 is 19.7. The fourth-order valence-electron chi connectivity index (χ4n) is 1.86. The maximum atomic E-state index is 13.0. The van der Waals surface area contributed by atoms with Crippen LogP contribution in [0.3, 0.4) is 0 Å². The van der Waals surface area contributed by atoms with Gasteiger partial charge in [0, 0.05) is 5.56 Å². The van der Waals surface area contributed by atoms with E-state index in [1.54, 1.807) is 6.07 Å². The molecule has 0 radical (unpaired) electrons. The van der Waals surface area contributed by atoms with Crippen molar-refractivity contribution in [1.82, 2.24) is 0 Å². The number of hydrogen-bond donors (Lipinski definition) is 1. The first-order chi connectivity index (χ1) is 9.61. The van der Waals surface area contributed by atoms with Crippen LogP contribution in [-0.2, 0) is 13.0 Å². The molecule has 2 aromatic carbocycles. The molecular weight excluding hydrogens is 345 g/mol. The number of para-hydroxylation sites is 1. The molecule has 106 valence electrons. The molecule has 0 bridgehead atoms. The first-order valence-electron chi connectivity index (χ1n) is 6.16. The van der Waals surface area contributed by atoms with Crippen molar-refractivity contribution in [2.24, 2.45) is 5.73 Å². The van der Waals surface area contributed by atoms with Gasteiger partial charge in [-0.3, -0.25) is 0 Å². The van der Waals surface area contributed by atoms with Crippen LogP contribution in [0.5, 0.6) is 5.75 Å². The van der Waals surface area contributed by atoms with Gasteiger partial charge in [0.05, 0.1) is 9.50 Å². The van der Waals surface area contributed by atoms with E-state index < -0.39 is 0 Å². The van der Waals surface area contributed by atoms with Gasteiger partial charge in [-0.2, -0.15) is 0 Å². The summed E-state index contributed by atoms with van der Waals surface area (Å²) in [4.78, 5) is 0. The highest BCUT2D eigenvalue weighted by Gasteiger charge is 2.09. The lowest BCUT2D eigenvalue weighted by atomic mass is 10.1. The van der Waals surface area contributed by atoms with Gasteiger partial charge in [-0.25, -0.2) is 4.39 Å². The molecule has 0 heterocycles. The van der Waals surface area contributed by atoms with Crippen LogP contribution in [0.1, 0.15) is 11.1 Å². The fraction of sp³-hybridized carbons (Fsp3) is 0.200. The van der Waals surface area contributed by atoms with Crippen molar-refractivity contribution < 1.29 is 9.13 Å². The van der Waals surface area contributed by atoms with E-state index in [1.165, 1.54) is 12.1 Å². The molecule has 0 aliphatic carbocycles. The van der Waals surface area contributed by atoms with Crippen molar-refractivity contribution in [3.05, 3.63) is 62.8 Å². The van der Waals surface area contributed by atoms with E-state index in [-0.39, 0.29) is 12.4 Å². The second kappa shape index (κ2) is 7.07. The minimum Gasteiger partial charge on any atom is -0.487 e. The van der Waals surface area contributed by atoms with Crippen LogP contribution in [0.15, 0.2) is 40.9 Å². The maximum Gasteiger partial charge on any atom is 0.137 e. The van der Waals surface area contributed by atoms with E-state index in [4.69, 9.17) is 22.1 Å². The van der Waals surface area contributed by atoms with E-state index in [9.17, 15) is 4.39 Å². The van der Waals surface area contributed by atoms with Crippen LogP contribution in [-0.4, -0.2) is 6.54 Å². The van der Waals surface area contributed by atoms with Crippen LogP contribution >= 0.6 is 27.5 Å². The van der Waals surface area contributed by atoms with E-state index in [0.717, 1.165) is 27.8 Å². The summed E-state index contributed by atoms with van der Waals surface area (Å²) in [7, 11) is 0. The molecule has 0 aliphatic heterocycles. The minimum absolute atomic E-state index is 0.277. The molecule has 2 nitrogen and oxygen atoms in total. The molecule has 0 aromatic heterocycles. The van der Waals surface area contributed by atoms with Crippen LogP contribution < -0.4 is 10.5 Å². The van der Waals surface area contributed by atoms with Crippen LogP contribution in [0.25, 0.3) is 0 Å². The van der Waals surface area contributed by atoms with Gasteiger partial charge in [0.1, 0.15) is 18.2 Å². The topological polar surface area (TPSA) is 35.2 Å². The zero-order chi connectivity index (χ0) is 14.5. The third kappa shape index (κ3) is 3.72. The van der Waals surface area contributed by atoms with Gasteiger partial charge < -0.3 is 10.5 Å². The van der Waals surface area contributed by atoms with Gasteiger partial charge in [0.15, 0.2) is 0 Å². The predicted octanol–water partition coefficient (Wildman–Crippen LogP) is 4.32. The lowest BCUT2D eigenvalue weighted by Gasteiger charge is -2.13. The molecule has 0 saturated carbocycles. The van der Waals surface area contributed by atoms with E-state index in [2.05, 4.69) is 15.9 Å². The number of ether oxygens (including phenoxy) is 1. The third-order valence-corrected chi connectivity index (χ3v) is 3.83. The molecule has 0 unspecified atom stereocenters. The molecule has 0 amide bonds. The van der Waals surface area contributed by atoms with E-state index >= 15 is 0 Å². The van der Waals surface area contributed by atoms with Crippen LogP contribution in [0.4, 0.5) is 4.39 Å². The Kier molecular flexibility index (Phi) is 5.40. The van der Waals surface area contributed by atoms with Crippen molar-refractivity contribution in [1.29, 1.82) is 0 Å². The smallest absolute Gasteiger partial charge is 0.137 e. The molecular formula is C15H14BrClFNO. The van der Waals surface area contributed by atoms with Crippen LogP contribution in [0, 0.1) is 5.82 Å². The zero-order valence-electron chi connectivity index (χ0n) is 10.7. The van der Waals surface area contributed by atoms with Crippen molar-refractivity contribution in [2.45, 2.75) is 13.0 Å². The van der Waals surface area contributed by atoms with Gasteiger partial charge in [-0.05, 0) is 52.7 Å². The second-order valence-corrected chi connectivity index (χ2v) is 5.55. The summed E-state index contributed by atoms with van der Waals surface area (Å²) >= 11 is 9.45. The Labute approximate surface area is 130 Å². The molecule has 0 saturated heterocycles. The highest BCUT2D eigenvalue weighted by atomic mass is 79.9. The highest BCUT2D eigenvalue weighted by molar-refractivity contribution is 9.10. The Balaban J connectivity index is 2.18. The Bertz CT molecular complexity index is 606. The van der Waals surface area contributed by atoms with Gasteiger partial charge in [0.2, 0.25) is 0 Å². The maximum absolute atomic E-state index is 13.0. The standard InChI is InChI=1S/C15H14BrClFNO/c16-13-3-1-2-10(6-7-19)15(13)20-9-11-4-5-12(18)8-14(11)17/h1-5,8H,6-7,9,19H2. The summed E-state index contributed by atoms with van der Waals surface area (Å²) in [5, 5.41) is 0.359. The number of rotatable bonds is 5. The quantitative estimate of drug-likeness (QED) is 0.864. The van der Waals surface area contributed by atoms with Gasteiger partial charge >= 0.3 is 0 Å². The first kappa shape index (κ1) is 15.3. The summed E-state index contributed by atoms with van der Waals surface area (Å²) in [6, 6.07) is 10.1. The summed E-state index contributed by atoms with van der Waals surface area (Å²) in [6.07, 6.45) is 0.728. The van der Waals surface area contributed by atoms with Gasteiger partial charge in [-0.1, -0.05) is 29.8 Å². The van der Waals surface area contributed by atoms with Crippen LogP contribution in [0.2, 0.25) is 5.02 Å². The lowest BCUT2D eigenvalue weighted by molar-refractivity contribution is 0.301. The monoisotopic (exact) mass is 357 g/mol. The number of nitrogens with two attached hydrogens (primary N) is 1. The SMILES string of the molecule is NCCc1cccc(Br)c1OCc1ccc(F)cc1Cl. The lowest BCUT2D eigenvalue weighted by Crippen LogP contribution is -2.06.